The molecule has 368 valence electrons. The number of ether oxygens (including phenoxy) is 2. The fourth-order valence-corrected chi connectivity index (χ4v) is 12.2. The van der Waals surface area contributed by atoms with Crippen molar-refractivity contribution in [2.45, 2.75) is 102 Å². The topological polar surface area (TPSA) is 187 Å². The lowest BCUT2D eigenvalue weighted by molar-refractivity contribution is -0.148. The maximum Gasteiger partial charge on any atom is 0.302 e. The van der Waals surface area contributed by atoms with Gasteiger partial charge in [-0.15, -0.1) is 0 Å². The molecule has 0 amide bonds. The summed E-state index contributed by atoms with van der Waals surface area (Å²) in [6.07, 6.45) is 25.9. The van der Waals surface area contributed by atoms with Crippen molar-refractivity contribution in [1.29, 1.82) is 0 Å². The molecule has 10 rings (SSSR count). The lowest BCUT2D eigenvalue weighted by Gasteiger charge is -2.47. The van der Waals surface area contributed by atoms with Crippen LogP contribution in [0.15, 0.2) is 127 Å². The first-order chi connectivity index (χ1) is 34.3. The summed E-state index contributed by atoms with van der Waals surface area (Å²) in [5.41, 5.74) is 6.75. The second-order valence-electron chi connectivity index (χ2n) is 19.9. The van der Waals surface area contributed by atoms with Crippen molar-refractivity contribution in [3.8, 4) is 23.0 Å². The van der Waals surface area contributed by atoms with Crippen molar-refractivity contribution in [2.75, 3.05) is 25.1 Å². The Morgan fingerprint density at radius 1 is 0.944 bits per heavy atom. The van der Waals surface area contributed by atoms with Gasteiger partial charge in [0, 0.05) is 91.6 Å². The van der Waals surface area contributed by atoms with E-state index in [9.17, 15) is 34.8 Å². The average Bonchev–Trinajstić information content (AvgIpc) is 3.98. The summed E-state index contributed by atoms with van der Waals surface area (Å²) in [7, 11) is 1.40. The normalized spacial score (nSPS) is 25.2. The van der Waals surface area contributed by atoms with E-state index in [4.69, 9.17) is 9.47 Å². The molecule has 13 heteroatoms. The Hall–Kier alpha value is -7.25. The summed E-state index contributed by atoms with van der Waals surface area (Å²) in [5, 5.41) is 49.8. The number of phenolic OH excluding ortho intramolecular Hbond substituents is 3. The standard InChI is InChI=1S/C58H62N4O9/c1-34(63)19-23-61-49-14-13-44-52(67)16-15-50-56(44)47(49)33-62(50)51(38-26-53(68)57(69)54(27-38)70-3)30-42(66)29-43(71-35(2)64)17-21-58-20-5-4-9-40(58)10-7-12-48(58)46-32-59-31-39(46)25-45(36-8-6-11-41(65)24-36)37-18-22-60-55(61)28-37/h4-9,11-14,18,20,24,26-28,31-33,40,43,45,48,51-52,59-60,65,67-69H,10,15-17,19,21-23,25,29-30H2,1-3H3. The van der Waals surface area contributed by atoms with Crippen molar-refractivity contribution >= 4 is 34.0 Å². The fraction of sp³-hybridized carbons (Fsp3) is 0.362. The monoisotopic (exact) mass is 958 g/mol. The Kier molecular flexibility index (Phi) is 13.0. The number of anilines is 1. The summed E-state index contributed by atoms with van der Waals surface area (Å²) in [6.45, 7) is 3.78. The van der Waals surface area contributed by atoms with E-state index in [1.165, 1.54) is 20.1 Å². The summed E-state index contributed by atoms with van der Waals surface area (Å²) < 4.78 is 13.7. The zero-order valence-corrected chi connectivity index (χ0v) is 40.4. The first kappa shape index (κ1) is 47.4. The number of nitrogens with one attached hydrogen (secondary N) is 2. The number of aromatic amines is 1. The molecule has 2 aromatic heterocycles. The Bertz CT molecular complexity index is 3060. The molecule has 3 aromatic carbocycles. The molecule has 4 bridgehead atoms. The quantitative estimate of drug-likeness (QED) is 0.0518. The molecular formula is C58H62N4O9. The van der Waals surface area contributed by atoms with Crippen LogP contribution in [0.2, 0.25) is 0 Å². The molecule has 0 saturated heterocycles. The van der Waals surface area contributed by atoms with Gasteiger partial charge >= 0.3 is 5.97 Å². The maximum absolute atomic E-state index is 14.9. The molecule has 7 unspecified atom stereocenters. The van der Waals surface area contributed by atoms with E-state index < -0.39 is 41.1 Å². The van der Waals surface area contributed by atoms with Gasteiger partial charge in [-0.2, -0.15) is 0 Å². The van der Waals surface area contributed by atoms with Crippen molar-refractivity contribution in [2.24, 2.45) is 11.3 Å². The molecule has 0 saturated carbocycles. The number of aromatic hydroxyl groups is 3. The number of aliphatic hydroxyl groups excluding tert-OH is 1. The number of benzene rings is 3. The van der Waals surface area contributed by atoms with Gasteiger partial charge in [-0.1, -0.05) is 60.7 Å². The van der Waals surface area contributed by atoms with Gasteiger partial charge in [-0.25, -0.2) is 0 Å². The first-order valence-electron chi connectivity index (χ1n) is 24.8. The molecule has 5 aliphatic rings. The van der Waals surface area contributed by atoms with Crippen LogP contribution < -0.4 is 15.0 Å². The molecule has 4 heterocycles. The third-order valence-electron chi connectivity index (χ3n) is 15.6. The molecule has 5 aromatic rings. The first-order valence-corrected chi connectivity index (χ1v) is 24.8. The molecular weight excluding hydrogens is 897 g/mol. The van der Waals surface area contributed by atoms with E-state index in [1.807, 2.05) is 30.5 Å². The number of aliphatic hydroxyl groups is 1. The molecule has 0 fully saturated rings. The van der Waals surface area contributed by atoms with Gasteiger partial charge < -0.3 is 49.7 Å². The molecule has 3 aliphatic carbocycles. The van der Waals surface area contributed by atoms with Crippen LogP contribution in [0.1, 0.15) is 116 Å². The number of carbonyl (C=O) groups excluding carboxylic acids is 3. The molecule has 0 radical (unpaired) electrons. The highest BCUT2D eigenvalue weighted by molar-refractivity contribution is 6.00. The predicted octanol–water partition coefficient (Wildman–Crippen LogP) is 9.69. The Morgan fingerprint density at radius 2 is 1.80 bits per heavy atom. The number of nitrogens with zero attached hydrogens (tertiary/aromatic N) is 2. The minimum absolute atomic E-state index is 0.0200. The third-order valence-corrected chi connectivity index (χ3v) is 15.6. The van der Waals surface area contributed by atoms with E-state index >= 15 is 0 Å². The third kappa shape index (κ3) is 9.07. The van der Waals surface area contributed by atoms with Crippen LogP contribution >= 0.6 is 0 Å². The number of carbonyl (C=O) groups is 3. The molecule has 13 nitrogen and oxygen atoms in total. The number of allylic oxidation sites excluding steroid dienone is 8. The van der Waals surface area contributed by atoms with E-state index in [0.717, 1.165) is 62.2 Å². The summed E-state index contributed by atoms with van der Waals surface area (Å²) in [4.78, 5) is 46.3. The molecule has 6 N–H and O–H groups in total. The van der Waals surface area contributed by atoms with Gasteiger partial charge in [0.2, 0.25) is 5.75 Å². The number of esters is 1. The summed E-state index contributed by atoms with van der Waals surface area (Å²) in [6, 6.07) is 13.7. The minimum Gasteiger partial charge on any atom is -0.508 e. The highest BCUT2D eigenvalue weighted by Gasteiger charge is 2.46. The number of phenols is 3. The minimum atomic E-state index is -0.753. The van der Waals surface area contributed by atoms with Crippen molar-refractivity contribution < 1.29 is 44.3 Å². The van der Waals surface area contributed by atoms with Crippen LogP contribution in [0, 0.1) is 11.3 Å². The number of Topliss-reactive ketones (excluding diaryl/α,β-unsaturated/α-hetero) is 2. The Labute approximate surface area is 413 Å². The Morgan fingerprint density at radius 3 is 2.61 bits per heavy atom. The largest absolute Gasteiger partial charge is 0.508 e. The van der Waals surface area contributed by atoms with E-state index in [-0.39, 0.29) is 60.1 Å². The number of methoxy groups -OCH3 is 1. The van der Waals surface area contributed by atoms with Crippen LogP contribution in [0.25, 0.3) is 10.8 Å². The molecule has 2 aliphatic heterocycles. The highest BCUT2D eigenvalue weighted by Crippen LogP contribution is 2.55. The van der Waals surface area contributed by atoms with Gasteiger partial charge in [0.05, 0.1) is 24.9 Å². The zero-order chi connectivity index (χ0) is 49.6. The second-order valence-corrected chi connectivity index (χ2v) is 19.9. The van der Waals surface area contributed by atoms with Crippen LogP contribution in [0.3, 0.4) is 0 Å². The molecule has 1 spiro atoms. The number of dihydropyridines is 1. The Balaban J connectivity index is 1.20. The smallest absolute Gasteiger partial charge is 0.302 e. The zero-order valence-electron chi connectivity index (χ0n) is 40.4. The number of H-pyrrole nitrogens is 1. The number of rotatable bonds is 7. The lowest BCUT2D eigenvalue weighted by atomic mass is 9.57. The SMILES string of the molecule is COc1cc(C2CC(=O)CC(OC(C)=O)CCC34C=CC=CC3CC=CC4c3c[nH]cc3CC(c3cccc(O)c3)C3=CCNC(=C3)N(CCC(C)=O)c3ccc4c5c(n2cc35)CCC4O)cc(O)c1O. The average molecular weight is 959 g/mol. The van der Waals surface area contributed by atoms with Gasteiger partial charge in [0.1, 0.15) is 29.2 Å². The van der Waals surface area contributed by atoms with Crippen LogP contribution in [-0.2, 0) is 32.0 Å². The van der Waals surface area contributed by atoms with Gasteiger partial charge in [-0.3, -0.25) is 14.4 Å². The van der Waals surface area contributed by atoms with E-state index in [2.05, 4.69) is 86.8 Å². The number of aromatic nitrogens is 2. The number of hydrogen-bond donors (Lipinski definition) is 6. The van der Waals surface area contributed by atoms with Crippen LogP contribution in [-0.4, -0.2) is 73.8 Å². The summed E-state index contributed by atoms with van der Waals surface area (Å²) in [5.74, 6) is -0.602. The van der Waals surface area contributed by atoms with Gasteiger partial charge in [0.25, 0.3) is 0 Å². The number of hydrogen-bond acceptors (Lipinski definition) is 11. The van der Waals surface area contributed by atoms with E-state index in [1.54, 1.807) is 19.1 Å². The van der Waals surface area contributed by atoms with Crippen LogP contribution in [0.5, 0.6) is 23.0 Å². The molecule has 7 atom stereocenters. The predicted molar refractivity (Wildman–Crippen MR) is 272 cm³/mol. The number of aryl methyl sites for hydroxylation is 1. The van der Waals surface area contributed by atoms with Crippen LogP contribution in [0.4, 0.5) is 5.69 Å². The van der Waals surface area contributed by atoms with Crippen molar-refractivity contribution in [3.05, 3.63) is 161 Å². The van der Waals surface area contributed by atoms with Crippen molar-refractivity contribution in [3.63, 3.8) is 0 Å². The van der Waals surface area contributed by atoms with Gasteiger partial charge in [0.15, 0.2) is 11.5 Å². The van der Waals surface area contributed by atoms with Gasteiger partial charge in [-0.05, 0) is 121 Å². The molecule has 71 heavy (non-hydrogen) atoms. The number of fused-ring (bicyclic) bond motifs is 5. The number of ketones is 2. The lowest BCUT2D eigenvalue weighted by Crippen LogP contribution is -2.38. The second kappa shape index (κ2) is 19.5. The summed E-state index contributed by atoms with van der Waals surface area (Å²) >= 11 is 0. The van der Waals surface area contributed by atoms with Crippen molar-refractivity contribution in [1.82, 2.24) is 14.9 Å². The van der Waals surface area contributed by atoms with E-state index in [0.29, 0.717) is 50.8 Å². The maximum atomic E-state index is 14.9. The highest BCUT2D eigenvalue weighted by atomic mass is 16.5. The fourth-order valence-electron chi connectivity index (χ4n) is 12.2.